The van der Waals surface area contributed by atoms with Gasteiger partial charge in [0.2, 0.25) is 0 Å². The first-order valence-corrected chi connectivity index (χ1v) is 11.5. The Bertz CT molecular complexity index is 1300. The van der Waals surface area contributed by atoms with Gasteiger partial charge in [0, 0.05) is 22.3 Å². The van der Waals surface area contributed by atoms with E-state index >= 15 is 0 Å². The van der Waals surface area contributed by atoms with E-state index in [2.05, 4.69) is 5.10 Å². The SMILES string of the molecule is Cc1cc(C)n(CCN(C(=O)c2ccc(Cl)cc2Cl)c2nc3c(C)cc(Cl)cc3s2)n1. The molecule has 0 saturated carbocycles. The summed E-state index contributed by atoms with van der Waals surface area (Å²) in [5, 5.41) is 6.50. The molecule has 2 aromatic carbocycles. The third-order valence-electron chi connectivity index (χ3n) is 4.92. The molecule has 0 aliphatic heterocycles. The minimum Gasteiger partial charge on any atom is -0.282 e. The zero-order chi connectivity index (χ0) is 22.3. The van der Waals surface area contributed by atoms with Crippen LogP contribution < -0.4 is 4.90 Å². The number of anilines is 1. The molecule has 9 heteroatoms. The van der Waals surface area contributed by atoms with E-state index in [0.29, 0.717) is 38.9 Å². The largest absolute Gasteiger partial charge is 0.282 e. The van der Waals surface area contributed by atoms with Crippen molar-refractivity contribution in [2.75, 3.05) is 11.4 Å². The highest BCUT2D eigenvalue weighted by atomic mass is 35.5. The molecule has 4 rings (SSSR count). The predicted octanol–water partition coefficient (Wildman–Crippen LogP) is 6.73. The predicted molar refractivity (Wildman–Crippen MR) is 129 cm³/mol. The summed E-state index contributed by atoms with van der Waals surface area (Å²) in [6.07, 6.45) is 0. The van der Waals surface area contributed by atoms with Crippen LogP contribution in [0, 0.1) is 20.8 Å². The second-order valence-corrected chi connectivity index (χ2v) is 9.59. The van der Waals surface area contributed by atoms with Crippen LogP contribution in [0.15, 0.2) is 36.4 Å². The monoisotopic (exact) mass is 492 g/mol. The van der Waals surface area contributed by atoms with Gasteiger partial charge in [0.15, 0.2) is 5.13 Å². The van der Waals surface area contributed by atoms with Crippen LogP contribution in [0.1, 0.15) is 27.3 Å². The van der Waals surface area contributed by atoms with Gasteiger partial charge in [0.1, 0.15) is 0 Å². The van der Waals surface area contributed by atoms with Crippen LogP contribution in [0.2, 0.25) is 15.1 Å². The molecule has 2 aromatic heterocycles. The molecule has 0 fully saturated rings. The number of fused-ring (bicyclic) bond motifs is 1. The number of rotatable bonds is 5. The van der Waals surface area contributed by atoms with Crippen molar-refractivity contribution < 1.29 is 4.79 Å². The highest BCUT2D eigenvalue weighted by Crippen LogP contribution is 2.34. The van der Waals surface area contributed by atoms with Crippen molar-refractivity contribution in [1.82, 2.24) is 14.8 Å². The van der Waals surface area contributed by atoms with Gasteiger partial charge in [-0.15, -0.1) is 0 Å². The average Bonchev–Trinajstić information content (AvgIpc) is 3.24. The van der Waals surface area contributed by atoms with Crippen LogP contribution in [0.5, 0.6) is 0 Å². The lowest BCUT2D eigenvalue weighted by Gasteiger charge is -2.21. The zero-order valence-corrected chi connectivity index (χ0v) is 20.2. The second kappa shape index (κ2) is 8.79. The van der Waals surface area contributed by atoms with Gasteiger partial charge >= 0.3 is 0 Å². The number of thiazole rings is 1. The van der Waals surface area contributed by atoms with E-state index in [0.717, 1.165) is 27.2 Å². The normalized spacial score (nSPS) is 11.3. The van der Waals surface area contributed by atoms with Gasteiger partial charge in [0.05, 0.1) is 33.0 Å². The van der Waals surface area contributed by atoms with Crippen molar-refractivity contribution in [2.24, 2.45) is 0 Å². The Kier molecular flexibility index (Phi) is 6.26. The first kappa shape index (κ1) is 22.1. The van der Waals surface area contributed by atoms with Crippen molar-refractivity contribution in [3.8, 4) is 0 Å². The Balaban J connectivity index is 1.75. The third-order valence-corrected chi connectivity index (χ3v) is 6.71. The standard InChI is InChI=1S/C22H19Cl3N4OS/c1-12-8-16(24)11-19-20(12)26-22(31-19)28(6-7-29-14(3)9-13(2)27-29)21(30)17-5-4-15(23)10-18(17)25/h4-5,8-11H,6-7H2,1-3H3. The zero-order valence-electron chi connectivity index (χ0n) is 17.1. The average molecular weight is 494 g/mol. The fraction of sp³-hybridized carbons (Fsp3) is 0.227. The molecule has 4 aromatic rings. The number of amides is 1. The summed E-state index contributed by atoms with van der Waals surface area (Å²) >= 11 is 20.0. The molecule has 0 N–H and O–H groups in total. The number of hydrogen-bond acceptors (Lipinski definition) is 4. The first-order chi connectivity index (χ1) is 14.7. The second-order valence-electron chi connectivity index (χ2n) is 7.30. The minimum atomic E-state index is -0.244. The molecule has 0 saturated heterocycles. The van der Waals surface area contributed by atoms with E-state index in [1.165, 1.54) is 11.3 Å². The summed E-state index contributed by atoms with van der Waals surface area (Å²) in [6, 6.07) is 10.6. The Morgan fingerprint density at radius 3 is 2.52 bits per heavy atom. The van der Waals surface area contributed by atoms with Crippen molar-refractivity contribution in [3.63, 3.8) is 0 Å². The van der Waals surface area contributed by atoms with Crippen LogP contribution in [-0.2, 0) is 6.54 Å². The molecular weight excluding hydrogens is 475 g/mol. The maximum Gasteiger partial charge on any atom is 0.261 e. The van der Waals surface area contributed by atoms with Gasteiger partial charge in [-0.05, 0) is 62.7 Å². The lowest BCUT2D eigenvalue weighted by atomic mass is 10.2. The topological polar surface area (TPSA) is 51.0 Å². The third kappa shape index (κ3) is 4.58. The van der Waals surface area contributed by atoms with E-state index < -0.39 is 0 Å². The highest BCUT2D eigenvalue weighted by Gasteiger charge is 2.24. The van der Waals surface area contributed by atoms with E-state index in [1.807, 2.05) is 43.7 Å². The van der Waals surface area contributed by atoms with Gasteiger partial charge < -0.3 is 0 Å². The first-order valence-electron chi connectivity index (χ1n) is 9.57. The van der Waals surface area contributed by atoms with E-state index in [4.69, 9.17) is 39.8 Å². The summed E-state index contributed by atoms with van der Waals surface area (Å²) in [7, 11) is 0. The van der Waals surface area contributed by atoms with Crippen LogP contribution >= 0.6 is 46.1 Å². The molecule has 0 radical (unpaired) electrons. The fourth-order valence-electron chi connectivity index (χ4n) is 3.45. The highest BCUT2D eigenvalue weighted by molar-refractivity contribution is 7.22. The number of aryl methyl sites for hydroxylation is 3. The van der Waals surface area contributed by atoms with Gasteiger partial charge in [-0.3, -0.25) is 14.4 Å². The quantitative estimate of drug-likeness (QED) is 0.310. The summed E-state index contributed by atoms with van der Waals surface area (Å²) in [5.41, 5.74) is 4.12. The van der Waals surface area contributed by atoms with Gasteiger partial charge in [0.25, 0.3) is 5.91 Å². The van der Waals surface area contributed by atoms with E-state index in [-0.39, 0.29) is 5.91 Å². The number of nitrogens with zero attached hydrogens (tertiary/aromatic N) is 4. The van der Waals surface area contributed by atoms with Crippen LogP contribution in [-0.4, -0.2) is 27.2 Å². The summed E-state index contributed by atoms with van der Waals surface area (Å²) < 4.78 is 2.81. The van der Waals surface area contributed by atoms with Crippen molar-refractivity contribution in [3.05, 3.63) is 74.0 Å². The molecule has 0 unspecified atom stereocenters. The summed E-state index contributed by atoms with van der Waals surface area (Å²) in [6.45, 7) is 6.79. The molecule has 31 heavy (non-hydrogen) atoms. The maximum absolute atomic E-state index is 13.5. The van der Waals surface area contributed by atoms with Crippen LogP contribution in [0.25, 0.3) is 10.2 Å². The smallest absolute Gasteiger partial charge is 0.261 e. The lowest BCUT2D eigenvalue weighted by Crippen LogP contribution is -2.34. The number of benzene rings is 2. The number of halogens is 3. The summed E-state index contributed by atoms with van der Waals surface area (Å²) in [4.78, 5) is 19.9. The van der Waals surface area contributed by atoms with Crippen molar-refractivity contribution >= 4 is 67.4 Å². The van der Waals surface area contributed by atoms with Crippen LogP contribution in [0.3, 0.4) is 0 Å². The molecule has 0 aliphatic carbocycles. The molecule has 0 spiro atoms. The van der Waals surface area contributed by atoms with Gasteiger partial charge in [-0.1, -0.05) is 46.1 Å². The molecule has 2 heterocycles. The Morgan fingerprint density at radius 1 is 1.06 bits per heavy atom. The van der Waals surface area contributed by atoms with E-state index in [1.54, 1.807) is 23.1 Å². The Morgan fingerprint density at radius 2 is 1.84 bits per heavy atom. The molecule has 0 aliphatic rings. The lowest BCUT2D eigenvalue weighted by molar-refractivity contribution is 0.0986. The number of aromatic nitrogens is 3. The van der Waals surface area contributed by atoms with Crippen molar-refractivity contribution in [2.45, 2.75) is 27.3 Å². The molecule has 160 valence electrons. The molecule has 5 nitrogen and oxygen atoms in total. The molecular formula is C22H19Cl3N4OS. The minimum absolute atomic E-state index is 0.244. The summed E-state index contributed by atoms with van der Waals surface area (Å²) in [5.74, 6) is -0.244. The number of carbonyl (C=O) groups is 1. The Labute approximate surface area is 199 Å². The molecule has 0 bridgehead atoms. The molecule has 1 amide bonds. The van der Waals surface area contributed by atoms with Crippen molar-refractivity contribution in [1.29, 1.82) is 0 Å². The number of carbonyl (C=O) groups excluding carboxylic acids is 1. The van der Waals surface area contributed by atoms with Gasteiger partial charge in [-0.2, -0.15) is 5.10 Å². The van der Waals surface area contributed by atoms with Crippen LogP contribution in [0.4, 0.5) is 5.13 Å². The molecule has 0 atom stereocenters. The van der Waals surface area contributed by atoms with E-state index in [9.17, 15) is 4.79 Å². The van der Waals surface area contributed by atoms with Gasteiger partial charge in [-0.25, -0.2) is 4.98 Å². The maximum atomic E-state index is 13.5. The Hall–Kier alpha value is -2.12. The fourth-order valence-corrected chi connectivity index (χ4v) is 5.38. The number of hydrogen-bond donors (Lipinski definition) is 0.